The predicted molar refractivity (Wildman–Crippen MR) is 119 cm³/mol. The summed E-state index contributed by atoms with van der Waals surface area (Å²) >= 11 is 0. The van der Waals surface area contributed by atoms with Crippen LogP contribution in [0.2, 0.25) is 0 Å². The third-order valence-electron chi connectivity index (χ3n) is 5.90. The van der Waals surface area contributed by atoms with Gasteiger partial charge in [-0.2, -0.15) is 5.10 Å². The highest BCUT2D eigenvalue weighted by Gasteiger charge is 2.35. The maximum atomic E-state index is 13.4. The Hall–Kier alpha value is -2.70. The first-order chi connectivity index (χ1) is 14.9. The highest BCUT2D eigenvalue weighted by molar-refractivity contribution is 5.39. The van der Waals surface area contributed by atoms with E-state index in [0.717, 1.165) is 35.4 Å². The predicted octanol–water partition coefficient (Wildman–Crippen LogP) is 4.71. The molecule has 0 saturated carbocycles. The van der Waals surface area contributed by atoms with Crippen LogP contribution in [0.25, 0.3) is 5.69 Å². The van der Waals surface area contributed by atoms with E-state index in [1.807, 2.05) is 36.0 Å². The van der Waals surface area contributed by atoms with Gasteiger partial charge in [-0.15, -0.1) is 0 Å². The molecule has 0 aliphatic heterocycles. The number of rotatable bonds is 7. The van der Waals surface area contributed by atoms with E-state index in [0.29, 0.717) is 13.2 Å². The molecule has 2 N–H and O–H groups in total. The van der Waals surface area contributed by atoms with Gasteiger partial charge < -0.3 is 15.2 Å². The highest BCUT2D eigenvalue weighted by atomic mass is 19.1. The Bertz CT molecular complexity index is 1040. The van der Waals surface area contributed by atoms with Crippen LogP contribution in [0, 0.1) is 11.2 Å². The first kappa shape index (κ1) is 21.5. The van der Waals surface area contributed by atoms with Crippen molar-refractivity contribution in [2.75, 3.05) is 6.61 Å². The quantitative estimate of drug-likeness (QED) is 0.578. The second-order valence-electron chi connectivity index (χ2n) is 8.95. The zero-order valence-electron chi connectivity index (χ0n) is 18.4. The molecule has 0 fully saturated rings. The minimum atomic E-state index is -0.248. The number of nitrogens with one attached hydrogen (secondary N) is 1. The summed E-state index contributed by atoms with van der Waals surface area (Å²) in [7, 11) is 0. The smallest absolute Gasteiger partial charge is 0.124 e. The average Bonchev–Trinajstić information content (AvgIpc) is 3.16. The van der Waals surface area contributed by atoms with Gasteiger partial charge in [-0.25, -0.2) is 9.07 Å². The average molecular weight is 424 g/mol. The molecular weight excluding hydrogens is 393 g/mol. The largest absolute Gasteiger partial charge is 0.494 e. The number of halogens is 1. The van der Waals surface area contributed by atoms with Gasteiger partial charge in [0.1, 0.15) is 11.6 Å². The molecule has 2 aromatic carbocycles. The Balaban J connectivity index is 1.57. The summed E-state index contributed by atoms with van der Waals surface area (Å²) in [5.74, 6) is 0.484. The van der Waals surface area contributed by atoms with Gasteiger partial charge in [0.2, 0.25) is 0 Å². The highest BCUT2D eigenvalue weighted by Crippen LogP contribution is 2.41. The Morgan fingerprint density at radius 3 is 2.71 bits per heavy atom. The van der Waals surface area contributed by atoms with Gasteiger partial charge in [0.25, 0.3) is 0 Å². The molecule has 1 aliphatic rings. The summed E-state index contributed by atoms with van der Waals surface area (Å²) in [5, 5.41) is 18.0. The number of benzene rings is 2. The van der Waals surface area contributed by atoms with Crippen LogP contribution in [0.15, 0.2) is 48.7 Å². The van der Waals surface area contributed by atoms with Crippen LogP contribution in [0.3, 0.4) is 0 Å². The normalized spacial score (nSPS) is 17.4. The number of hydrogen-bond acceptors (Lipinski definition) is 4. The van der Waals surface area contributed by atoms with E-state index in [2.05, 4.69) is 24.3 Å². The van der Waals surface area contributed by atoms with E-state index < -0.39 is 0 Å². The second kappa shape index (κ2) is 8.81. The van der Waals surface area contributed by atoms with Crippen molar-refractivity contribution in [3.8, 4) is 11.4 Å². The lowest BCUT2D eigenvalue weighted by molar-refractivity contribution is 0.252. The van der Waals surface area contributed by atoms with Gasteiger partial charge in [-0.1, -0.05) is 19.9 Å². The molecule has 0 spiro atoms. The summed E-state index contributed by atoms with van der Waals surface area (Å²) < 4.78 is 20.9. The molecule has 31 heavy (non-hydrogen) atoms. The molecule has 3 aromatic rings. The number of fused-ring (bicyclic) bond motifs is 1. The van der Waals surface area contributed by atoms with E-state index >= 15 is 0 Å². The number of aliphatic hydroxyl groups is 1. The Kier molecular flexibility index (Phi) is 6.12. The van der Waals surface area contributed by atoms with Crippen molar-refractivity contribution >= 4 is 0 Å². The molecule has 1 atom stereocenters. The summed E-state index contributed by atoms with van der Waals surface area (Å²) in [5.41, 5.74) is 5.24. The number of aromatic nitrogens is 2. The number of nitrogens with zero attached hydrogens (tertiary/aromatic N) is 2. The fourth-order valence-corrected chi connectivity index (χ4v) is 4.43. The van der Waals surface area contributed by atoms with Crippen molar-refractivity contribution < 1.29 is 14.2 Å². The molecule has 0 radical (unpaired) electrons. The molecule has 4 rings (SSSR count). The molecule has 0 saturated heterocycles. The molecule has 1 unspecified atom stereocenters. The lowest BCUT2D eigenvalue weighted by atomic mass is 9.74. The zero-order chi connectivity index (χ0) is 22.0. The van der Waals surface area contributed by atoms with E-state index in [-0.39, 0.29) is 23.9 Å². The van der Waals surface area contributed by atoms with Crippen LogP contribution < -0.4 is 10.1 Å². The Labute approximate surface area is 182 Å². The molecule has 6 heteroatoms. The van der Waals surface area contributed by atoms with E-state index in [9.17, 15) is 9.50 Å². The van der Waals surface area contributed by atoms with Crippen molar-refractivity contribution in [1.82, 2.24) is 15.1 Å². The van der Waals surface area contributed by atoms with Crippen molar-refractivity contribution in [2.45, 2.75) is 52.8 Å². The van der Waals surface area contributed by atoms with Gasteiger partial charge in [0, 0.05) is 29.4 Å². The van der Waals surface area contributed by atoms with Gasteiger partial charge in [0.05, 0.1) is 25.1 Å². The molecule has 1 aliphatic carbocycles. The van der Waals surface area contributed by atoms with Gasteiger partial charge >= 0.3 is 0 Å². The third-order valence-corrected chi connectivity index (χ3v) is 5.90. The molecule has 164 valence electrons. The van der Waals surface area contributed by atoms with Gasteiger partial charge in [-0.3, -0.25) is 0 Å². The SMILES string of the molecule is CCOc1ccc(CNC2CC(C)(C)Cc3c2cnn3-c2ccc(F)cc2)cc1CO. The lowest BCUT2D eigenvalue weighted by Crippen LogP contribution is -2.33. The Morgan fingerprint density at radius 2 is 2.00 bits per heavy atom. The third kappa shape index (κ3) is 4.65. The number of aliphatic hydroxyl groups excluding tert-OH is 1. The second-order valence-corrected chi connectivity index (χ2v) is 8.95. The van der Waals surface area contributed by atoms with Crippen LogP contribution in [0.1, 0.15) is 55.6 Å². The summed E-state index contributed by atoms with van der Waals surface area (Å²) in [6.45, 7) is 7.68. The van der Waals surface area contributed by atoms with Crippen LogP contribution in [-0.4, -0.2) is 21.5 Å². The number of ether oxygens (including phenoxy) is 1. The van der Waals surface area contributed by atoms with Crippen LogP contribution in [0.5, 0.6) is 5.75 Å². The summed E-state index contributed by atoms with van der Waals surface area (Å²) in [6, 6.07) is 12.6. The van der Waals surface area contributed by atoms with Crippen molar-refractivity contribution in [3.63, 3.8) is 0 Å². The van der Waals surface area contributed by atoms with Crippen molar-refractivity contribution in [1.29, 1.82) is 0 Å². The van der Waals surface area contributed by atoms with Crippen molar-refractivity contribution in [2.24, 2.45) is 5.41 Å². The fraction of sp³-hybridized carbons (Fsp3) is 0.400. The minimum Gasteiger partial charge on any atom is -0.494 e. The zero-order valence-corrected chi connectivity index (χ0v) is 18.4. The van der Waals surface area contributed by atoms with E-state index in [1.54, 1.807) is 12.1 Å². The molecule has 1 heterocycles. The molecule has 5 nitrogen and oxygen atoms in total. The van der Waals surface area contributed by atoms with Crippen LogP contribution in [-0.2, 0) is 19.6 Å². The lowest BCUT2D eigenvalue weighted by Gasteiger charge is -2.36. The molecule has 0 bridgehead atoms. The van der Waals surface area contributed by atoms with Crippen LogP contribution in [0.4, 0.5) is 4.39 Å². The molecular formula is C25H30FN3O2. The monoisotopic (exact) mass is 423 g/mol. The number of hydrogen-bond donors (Lipinski definition) is 2. The summed E-state index contributed by atoms with van der Waals surface area (Å²) in [4.78, 5) is 0. The Morgan fingerprint density at radius 1 is 1.23 bits per heavy atom. The first-order valence-corrected chi connectivity index (χ1v) is 10.8. The molecule has 0 amide bonds. The topological polar surface area (TPSA) is 59.3 Å². The van der Waals surface area contributed by atoms with Gasteiger partial charge in [-0.05, 0) is 67.1 Å². The fourth-order valence-electron chi connectivity index (χ4n) is 4.43. The van der Waals surface area contributed by atoms with Crippen LogP contribution >= 0.6 is 0 Å². The summed E-state index contributed by atoms with van der Waals surface area (Å²) in [6.07, 6.45) is 3.84. The van der Waals surface area contributed by atoms with Gasteiger partial charge in [0.15, 0.2) is 0 Å². The van der Waals surface area contributed by atoms with E-state index in [1.165, 1.54) is 23.4 Å². The maximum absolute atomic E-state index is 13.4. The molecule has 1 aromatic heterocycles. The minimum absolute atomic E-state index is 0.0474. The van der Waals surface area contributed by atoms with E-state index in [4.69, 9.17) is 4.74 Å². The maximum Gasteiger partial charge on any atom is 0.124 e. The standard InChI is InChI=1S/C25H30FN3O2/c1-4-31-24-10-5-17(11-18(24)16-30)14-27-22-12-25(2,3)13-23-21(22)15-28-29(23)20-8-6-19(26)7-9-20/h5-11,15,22,27,30H,4,12-14,16H2,1-3H3. The van der Waals surface area contributed by atoms with Crippen molar-refractivity contribution in [3.05, 3.63) is 76.9 Å². The first-order valence-electron chi connectivity index (χ1n) is 10.8.